The van der Waals surface area contributed by atoms with Gasteiger partial charge >= 0.3 is 5.97 Å². The Labute approximate surface area is 125 Å². The van der Waals surface area contributed by atoms with Crippen LogP contribution in [0.25, 0.3) is 6.08 Å². The molecule has 0 atom stereocenters. The van der Waals surface area contributed by atoms with E-state index in [1.54, 1.807) is 6.08 Å². The van der Waals surface area contributed by atoms with Gasteiger partial charge in [0.1, 0.15) is 12.4 Å². The minimum atomic E-state index is -0.952. The molecule has 0 aromatic heterocycles. The summed E-state index contributed by atoms with van der Waals surface area (Å²) in [5.74, 6) is -0.217. The zero-order valence-electron chi connectivity index (χ0n) is 11.3. The molecule has 0 radical (unpaired) electrons. The third-order valence-electron chi connectivity index (χ3n) is 3.19. The standard InChI is InChI=1S/C15H19NO3.ClH/c17-15(18)8-7-13-5-1-2-6-14(13)19-12-11-16-9-3-4-10-16;/h1-2,5-8H,3-4,9-12H2,(H,17,18);1H/b8-7+;. The number of aliphatic carboxylic acids is 1. The van der Waals surface area contributed by atoms with Crippen molar-refractivity contribution < 1.29 is 14.6 Å². The van der Waals surface area contributed by atoms with Crippen molar-refractivity contribution in [3.05, 3.63) is 35.9 Å². The molecule has 110 valence electrons. The number of ether oxygens (including phenoxy) is 1. The summed E-state index contributed by atoms with van der Waals surface area (Å²) < 4.78 is 5.75. The number of para-hydroxylation sites is 1. The third-order valence-corrected chi connectivity index (χ3v) is 3.19. The minimum Gasteiger partial charge on any atom is -0.492 e. The van der Waals surface area contributed by atoms with Crippen LogP contribution < -0.4 is 4.74 Å². The van der Waals surface area contributed by atoms with Gasteiger partial charge in [-0.15, -0.1) is 12.4 Å². The first-order chi connectivity index (χ1) is 9.25. The molecule has 1 aliphatic rings. The van der Waals surface area contributed by atoms with Gasteiger partial charge in [-0.3, -0.25) is 4.90 Å². The van der Waals surface area contributed by atoms with Gasteiger partial charge in [0, 0.05) is 18.2 Å². The zero-order valence-corrected chi connectivity index (χ0v) is 12.1. The summed E-state index contributed by atoms with van der Waals surface area (Å²) in [7, 11) is 0. The Morgan fingerprint density at radius 1 is 1.30 bits per heavy atom. The van der Waals surface area contributed by atoms with Crippen LogP contribution in [0.4, 0.5) is 0 Å². The Kier molecular flexibility index (Phi) is 7.12. The number of carbonyl (C=O) groups is 1. The number of halogens is 1. The van der Waals surface area contributed by atoms with Crippen LogP contribution >= 0.6 is 12.4 Å². The van der Waals surface area contributed by atoms with E-state index in [1.807, 2.05) is 24.3 Å². The lowest BCUT2D eigenvalue weighted by molar-refractivity contribution is -0.131. The van der Waals surface area contributed by atoms with Crippen molar-refractivity contribution in [2.24, 2.45) is 0 Å². The van der Waals surface area contributed by atoms with Crippen LogP contribution in [0.1, 0.15) is 18.4 Å². The molecule has 0 amide bonds. The molecule has 4 nitrogen and oxygen atoms in total. The van der Waals surface area contributed by atoms with Gasteiger partial charge in [0.05, 0.1) is 0 Å². The molecule has 0 spiro atoms. The number of rotatable bonds is 6. The highest BCUT2D eigenvalue weighted by molar-refractivity contribution is 5.86. The second kappa shape index (κ2) is 8.61. The number of carboxylic acid groups (broad SMARTS) is 1. The number of likely N-dealkylation sites (tertiary alicyclic amines) is 1. The number of benzene rings is 1. The Hall–Kier alpha value is -1.52. The van der Waals surface area contributed by atoms with E-state index in [2.05, 4.69) is 4.90 Å². The van der Waals surface area contributed by atoms with Gasteiger partial charge in [0.25, 0.3) is 0 Å². The first-order valence-electron chi connectivity index (χ1n) is 6.61. The summed E-state index contributed by atoms with van der Waals surface area (Å²) in [5.41, 5.74) is 0.798. The van der Waals surface area contributed by atoms with Crippen molar-refractivity contribution in [1.82, 2.24) is 4.90 Å². The second-order valence-electron chi connectivity index (χ2n) is 4.61. The van der Waals surface area contributed by atoms with E-state index in [0.29, 0.717) is 6.61 Å². The van der Waals surface area contributed by atoms with Gasteiger partial charge in [0.2, 0.25) is 0 Å². The molecule has 0 saturated carbocycles. The van der Waals surface area contributed by atoms with Gasteiger partial charge in [-0.25, -0.2) is 4.79 Å². The smallest absolute Gasteiger partial charge is 0.328 e. The molecule has 0 aliphatic carbocycles. The molecule has 1 aromatic rings. The van der Waals surface area contributed by atoms with E-state index in [9.17, 15) is 4.79 Å². The molecular formula is C15H20ClNO3. The predicted octanol–water partition coefficient (Wildman–Crippen LogP) is 2.68. The number of hydrogen-bond donors (Lipinski definition) is 1. The Morgan fingerprint density at radius 3 is 2.70 bits per heavy atom. The van der Waals surface area contributed by atoms with Gasteiger partial charge < -0.3 is 9.84 Å². The molecule has 1 heterocycles. The third kappa shape index (κ3) is 5.23. The topological polar surface area (TPSA) is 49.8 Å². The Morgan fingerprint density at radius 2 is 2.00 bits per heavy atom. The maximum absolute atomic E-state index is 10.5. The molecule has 1 fully saturated rings. The van der Waals surface area contributed by atoms with Crippen molar-refractivity contribution in [3.63, 3.8) is 0 Å². The summed E-state index contributed by atoms with van der Waals surface area (Å²) in [6.45, 7) is 3.88. The van der Waals surface area contributed by atoms with Crippen LogP contribution in [0.15, 0.2) is 30.3 Å². The lowest BCUT2D eigenvalue weighted by Crippen LogP contribution is -2.25. The van der Waals surface area contributed by atoms with E-state index in [0.717, 1.165) is 37.0 Å². The summed E-state index contributed by atoms with van der Waals surface area (Å²) in [4.78, 5) is 12.9. The van der Waals surface area contributed by atoms with Crippen molar-refractivity contribution in [1.29, 1.82) is 0 Å². The summed E-state index contributed by atoms with van der Waals surface area (Å²) in [6, 6.07) is 7.48. The number of hydrogen-bond acceptors (Lipinski definition) is 3. The zero-order chi connectivity index (χ0) is 13.5. The molecule has 20 heavy (non-hydrogen) atoms. The van der Waals surface area contributed by atoms with E-state index < -0.39 is 5.97 Å². The minimum absolute atomic E-state index is 0. The lowest BCUT2D eigenvalue weighted by atomic mass is 10.2. The molecule has 5 heteroatoms. The lowest BCUT2D eigenvalue weighted by Gasteiger charge is -2.15. The van der Waals surface area contributed by atoms with Gasteiger partial charge in [-0.1, -0.05) is 18.2 Å². The fourth-order valence-electron chi connectivity index (χ4n) is 2.20. The average molecular weight is 298 g/mol. The van der Waals surface area contributed by atoms with Gasteiger partial charge in [0.15, 0.2) is 0 Å². The highest BCUT2D eigenvalue weighted by Gasteiger charge is 2.11. The fourth-order valence-corrected chi connectivity index (χ4v) is 2.20. The van der Waals surface area contributed by atoms with E-state index in [-0.39, 0.29) is 12.4 Å². The Balaban J connectivity index is 0.00000200. The van der Waals surface area contributed by atoms with E-state index >= 15 is 0 Å². The van der Waals surface area contributed by atoms with Crippen molar-refractivity contribution in [3.8, 4) is 5.75 Å². The quantitative estimate of drug-likeness (QED) is 0.820. The molecule has 2 rings (SSSR count). The maximum Gasteiger partial charge on any atom is 0.328 e. The fraction of sp³-hybridized carbons (Fsp3) is 0.400. The van der Waals surface area contributed by atoms with Gasteiger partial charge in [-0.2, -0.15) is 0 Å². The molecule has 1 saturated heterocycles. The van der Waals surface area contributed by atoms with Crippen LogP contribution in [-0.4, -0.2) is 42.2 Å². The van der Waals surface area contributed by atoms with Gasteiger partial charge in [-0.05, 0) is 38.1 Å². The summed E-state index contributed by atoms with van der Waals surface area (Å²) >= 11 is 0. The number of nitrogens with zero attached hydrogens (tertiary/aromatic N) is 1. The molecule has 0 bridgehead atoms. The molecule has 1 N–H and O–H groups in total. The summed E-state index contributed by atoms with van der Waals surface area (Å²) in [5, 5.41) is 8.65. The van der Waals surface area contributed by atoms with Crippen LogP contribution in [0, 0.1) is 0 Å². The van der Waals surface area contributed by atoms with E-state index in [1.165, 1.54) is 12.8 Å². The second-order valence-corrected chi connectivity index (χ2v) is 4.61. The monoisotopic (exact) mass is 297 g/mol. The Bertz CT molecular complexity index is 456. The van der Waals surface area contributed by atoms with Crippen LogP contribution in [0.5, 0.6) is 5.75 Å². The van der Waals surface area contributed by atoms with Crippen molar-refractivity contribution in [2.75, 3.05) is 26.2 Å². The first-order valence-corrected chi connectivity index (χ1v) is 6.61. The van der Waals surface area contributed by atoms with Crippen LogP contribution in [-0.2, 0) is 4.79 Å². The SMILES string of the molecule is Cl.O=C(O)/C=C/c1ccccc1OCCN1CCCC1. The first kappa shape index (κ1) is 16.5. The highest BCUT2D eigenvalue weighted by atomic mass is 35.5. The van der Waals surface area contributed by atoms with E-state index in [4.69, 9.17) is 9.84 Å². The molecule has 0 unspecified atom stereocenters. The predicted molar refractivity (Wildman–Crippen MR) is 81.5 cm³/mol. The van der Waals surface area contributed by atoms with Crippen LogP contribution in [0.2, 0.25) is 0 Å². The highest BCUT2D eigenvalue weighted by Crippen LogP contribution is 2.19. The summed E-state index contributed by atoms with van der Waals surface area (Å²) in [6.07, 6.45) is 5.24. The molecule has 1 aromatic carbocycles. The normalized spacial score (nSPS) is 15.2. The maximum atomic E-state index is 10.5. The largest absolute Gasteiger partial charge is 0.492 e. The van der Waals surface area contributed by atoms with Crippen molar-refractivity contribution >= 4 is 24.5 Å². The van der Waals surface area contributed by atoms with Crippen LogP contribution in [0.3, 0.4) is 0 Å². The molecule has 1 aliphatic heterocycles. The number of carboxylic acids is 1. The van der Waals surface area contributed by atoms with Crippen molar-refractivity contribution in [2.45, 2.75) is 12.8 Å². The molecular weight excluding hydrogens is 278 g/mol. The average Bonchev–Trinajstić information content (AvgIpc) is 2.91.